The van der Waals surface area contributed by atoms with Gasteiger partial charge < -0.3 is 5.32 Å². The van der Waals surface area contributed by atoms with Crippen molar-refractivity contribution in [3.05, 3.63) is 0 Å². The molecule has 1 rings (SSSR count). The van der Waals surface area contributed by atoms with Crippen molar-refractivity contribution in [2.45, 2.75) is 77.8 Å². The van der Waals surface area contributed by atoms with Gasteiger partial charge in [0.2, 0.25) is 0 Å². The van der Waals surface area contributed by atoms with Gasteiger partial charge in [-0.25, -0.2) is 0 Å². The van der Waals surface area contributed by atoms with Crippen molar-refractivity contribution in [1.82, 2.24) is 10.2 Å². The molecule has 0 spiro atoms. The first-order valence-electron chi connectivity index (χ1n) is 7.76. The van der Waals surface area contributed by atoms with E-state index < -0.39 is 0 Å². The van der Waals surface area contributed by atoms with E-state index in [-0.39, 0.29) is 0 Å². The van der Waals surface area contributed by atoms with Crippen molar-refractivity contribution in [3.63, 3.8) is 0 Å². The molecule has 1 unspecified atom stereocenters. The van der Waals surface area contributed by atoms with E-state index in [1.165, 1.54) is 64.6 Å². The van der Waals surface area contributed by atoms with Gasteiger partial charge in [0.15, 0.2) is 0 Å². The van der Waals surface area contributed by atoms with Crippen LogP contribution in [0.5, 0.6) is 0 Å². The molecule has 0 amide bonds. The van der Waals surface area contributed by atoms with Crippen molar-refractivity contribution in [3.8, 4) is 0 Å². The smallest absolute Gasteiger partial charge is 0.0348 e. The van der Waals surface area contributed by atoms with E-state index in [0.29, 0.717) is 0 Å². The Morgan fingerprint density at radius 2 is 1.76 bits per heavy atom. The Labute approximate surface area is 108 Å². The number of unbranched alkanes of at least 4 members (excludes halogenated alkanes) is 4. The van der Waals surface area contributed by atoms with Crippen LogP contribution in [0.4, 0.5) is 0 Å². The van der Waals surface area contributed by atoms with Gasteiger partial charge >= 0.3 is 0 Å². The summed E-state index contributed by atoms with van der Waals surface area (Å²) in [6.07, 6.45) is 9.73. The molecule has 0 radical (unpaired) electrons. The predicted molar refractivity (Wildman–Crippen MR) is 76.5 cm³/mol. The largest absolute Gasteiger partial charge is 0.314 e. The van der Waals surface area contributed by atoms with E-state index >= 15 is 0 Å². The maximum Gasteiger partial charge on any atom is 0.0348 e. The Kier molecular flexibility index (Phi) is 7.87. The second kappa shape index (κ2) is 8.93. The lowest BCUT2D eigenvalue weighted by atomic mass is 10.0. The number of nitrogens with zero attached hydrogens (tertiary/aromatic N) is 1. The third-order valence-corrected chi connectivity index (χ3v) is 4.00. The standard InChI is InChI=1S/C15H32N2/c1-4-6-7-8-9-10-14(3)17(11-5-2)15-12-16-13-15/h14-16H,4-13H2,1-3H3. The molecule has 2 nitrogen and oxygen atoms in total. The molecule has 1 fully saturated rings. The second-order valence-electron chi connectivity index (χ2n) is 5.60. The predicted octanol–water partition coefficient (Wildman–Crippen LogP) is 3.42. The van der Waals surface area contributed by atoms with Gasteiger partial charge in [-0.2, -0.15) is 0 Å². The van der Waals surface area contributed by atoms with Gasteiger partial charge in [-0.1, -0.05) is 46.0 Å². The van der Waals surface area contributed by atoms with E-state index in [2.05, 4.69) is 31.0 Å². The normalized spacial score (nSPS) is 18.4. The molecular formula is C15H32N2. The molecule has 0 aromatic heterocycles. The lowest BCUT2D eigenvalue weighted by Gasteiger charge is -2.42. The number of hydrogen-bond acceptors (Lipinski definition) is 2. The average Bonchev–Trinajstić information content (AvgIpc) is 2.25. The van der Waals surface area contributed by atoms with Crippen LogP contribution in [-0.4, -0.2) is 36.6 Å². The molecule has 1 atom stereocenters. The molecule has 102 valence electrons. The van der Waals surface area contributed by atoms with Crippen LogP contribution in [0.3, 0.4) is 0 Å². The molecule has 0 bridgehead atoms. The minimum atomic E-state index is 0.781. The molecule has 0 saturated carbocycles. The molecule has 0 aromatic rings. The van der Waals surface area contributed by atoms with Gasteiger partial charge in [0.1, 0.15) is 0 Å². The van der Waals surface area contributed by atoms with Crippen LogP contribution < -0.4 is 5.32 Å². The summed E-state index contributed by atoms with van der Waals surface area (Å²) in [6.45, 7) is 10.7. The zero-order valence-corrected chi connectivity index (χ0v) is 12.2. The summed E-state index contributed by atoms with van der Waals surface area (Å²) in [7, 11) is 0. The SMILES string of the molecule is CCCCCCCC(C)N(CCC)C1CNC1. The summed E-state index contributed by atoms with van der Waals surface area (Å²) in [5.74, 6) is 0. The van der Waals surface area contributed by atoms with Gasteiger partial charge in [-0.3, -0.25) is 4.90 Å². The summed E-state index contributed by atoms with van der Waals surface area (Å²) in [5.41, 5.74) is 0. The molecule has 2 heteroatoms. The summed E-state index contributed by atoms with van der Waals surface area (Å²) < 4.78 is 0. The highest BCUT2D eigenvalue weighted by atomic mass is 15.2. The molecular weight excluding hydrogens is 208 g/mol. The van der Waals surface area contributed by atoms with Crippen LogP contribution >= 0.6 is 0 Å². The Balaban J connectivity index is 2.15. The van der Waals surface area contributed by atoms with E-state index in [9.17, 15) is 0 Å². The minimum Gasteiger partial charge on any atom is -0.314 e. The second-order valence-corrected chi connectivity index (χ2v) is 5.60. The van der Waals surface area contributed by atoms with Crippen molar-refractivity contribution in [2.75, 3.05) is 19.6 Å². The Morgan fingerprint density at radius 3 is 2.29 bits per heavy atom. The fourth-order valence-electron chi connectivity index (χ4n) is 2.74. The van der Waals surface area contributed by atoms with Crippen molar-refractivity contribution in [2.24, 2.45) is 0 Å². The summed E-state index contributed by atoms with van der Waals surface area (Å²) in [4.78, 5) is 2.73. The minimum absolute atomic E-state index is 0.781. The topological polar surface area (TPSA) is 15.3 Å². The molecule has 1 saturated heterocycles. The summed E-state index contributed by atoms with van der Waals surface area (Å²) in [5, 5.41) is 3.40. The highest BCUT2D eigenvalue weighted by Gasteiger charge is 2.26. The monoisotopic (exact) mass is 240 g/mol. The highest BCUT2D eigenvalue weighted by molar-refractivity contribution is 4.87. The highest BCUT2D eigenvalue weighted by Crippen LogP contribution is 2.16. The van der Waals surface area contributed by atoms with Crippen LogP contribution in [0.1, 0.15) is 65.7 Å². The van der Waals surface area contributed by atoms with Crippen molar-refractivity contribution >= 4 is 0 Å². The van der Waals surface area contributed by atoms with Gasteiger partial charge in [0, 0.05) is 25.2 Å². The zero-order chi connectivity index (χ0) is 12.5. The van der Waals surface area contributed by atoms with E-state index in [1.807, 2.05) is 0 Å². The number of nitrogens with one attached hydrogen (secondary N) is 1. The first-order chi connectivity index (χ1) is 8.29. The van der Waals surface area contributed by atoms with Gasteiger partial charge in [0.05, 0.1) is 0 Å². The first kappa shape index (κ1) is 15.0. The Hall–Kier alpha value is -0.0800. The molecule has 1 heterocycles. The first-order valence-corrected chi connectivity index (χ1v) is 7.76. The maximum absolute atomic E-state index is 3.40. The van der Waals surface area contributed by atoms with Gasteiger partial charge in [-0.05, 0) is 26.3 Å². The molecule has 17 heavy (non-hydrogen) atoms. The quantitative estimate of drug-likeness (QED) is 0.589. The maximum atomic E-state index is 3.40. The van der Waals surface area contributed by atoms with Crippen LogP contribution in [0.15, 0.2) is 0 Å². The molecule has 1 aliphatic heterocycles. The summed E-state index contributed by atoms with van der Waals surface area (Å²) >= 11 is 0. The molecule has 0 aliphatic carbocycles. The van der Waals surface area contributed by atoms with Crippen molar-refractivity contribution in [1.29, 1.82) is 0 Å². The van der Waals surface area contributed by atoms with E-state index in [1.54, 1.807) is 0 Å². The number of hydrogen-bond donors (Lipinski definition) is 1. The van der Waals surface area contributed by atoms with Gasteiger partial charge in [-0.15, -0.1) is 0 Å². The van der Waals surface area contributed by atoms with Crippen molar-refractivity contribution < 1.29 is 0 Å². The van der Waals surface area contributed by atoms with E-state index in [0.717, 1.165) is 12.1 Å². The lowest BCUT2D eigenvalue weighted by molar-refractivity contribution is 0.0966. The average molecular weight is 240 g/mol. The van der Waals surface area contributed by atoms with Crippen LogP contribution in [-0.2, 0) is 0 Å². The third kappa shape index (κ3) is 5.39. The zero-order valence-electron chi connectivity index (χ0n) is 12.2. The number of rotatable bonds is 10. The summed E-state index contributed by atoms with van der Waals surface area (Å²) in [6, 6.07) is 1.60. The molecule has 0 aromatic carbocycles. The van der Waals surface area contributed by atoms with Crippen LogP contribution in [0.2, 0.25) is 0 Å². The third-order valence-electron chi connectivity index (χ3n) is 4.00. The van der Waals surface area contributed by atoms with Crippen LogP contribution in [0, 0.1) is 0 Å². The fraction of sp³-hybridized carbons (Fsp3) is 1.00. The lowest BCUT2D eigenvalue weighted by Crippen LogP contribution is -2.59. The van der Waals surface area contributed by atoms with Crippen LogP contribution in [0.25, 0.3) is 0 Å². The van der Waals surface area contributed by atoms with Gasteiger partial charge in [0.25, 0.3) is 0 Å². The Bertz CT molecular complexity index is 178. The van der Waals surface area contributed by atoms with E-state index in [4.69, 9.17) is 0 Å². The molecule has 1 N–H and O–H groups in total. The Morgan fingerprint density at radius 1 is 1.06 bits per heavy atom. The molecule has 1 aliphatic rings. The fourth-order valence-corrected chi connectivity index (χ4v) is 2.74.